The van der Waals surface area contributed by atoms with Crippen LogP contribution in [0.15, 0.2) is 61.1 Å². The maximum absolute atomic E-state index is 8.99. The van der Waals surface area contributed by atoms with E-state index in [2.05, 4.69) is 57.3 Å². The largest absolute Gasteiger partial charge is 0.347 e. The van der Waals surface area contributed by atoms with Gasteiger partial charge in [-0.1, -0.05) is 36.4 Å². The second-order valence-corrected chi connectivity index (χ2v) is 6.52. The standard InChI is InChI=1S/C21H20N4/c22-12-17-7-5-16(6-8-17)11-21(20-13-23-15-24-20)25-10-9-18-3-1-2-4-19(18)14-25/h1-8,13,15,21H,9-11,14H2,(H,23,24). The number of aromatic amines is 1. The molecule has 1 aliphatic rings. The first-order chi connectivity index (χ1) is 12.3. The highest BCUT2D eigenvalue weighted by Crippen LogP contribution is 2.29. The van der Waals surface area contributed by atoms with Gasteiger partial charge >= 0.3 is 0 Å². The SMILES string of the molecule is N#Cc1ccc(CC(c2cnc[nH]2)N2CCc3ccccc3C2)cc1. The second kappa shape index (κ2) is 6.92. The lowest BCUT2D eigenvalue weighted by Crippen LogP contribution is -2.35. The zero-order valence-electron chi connectivity index (χ0n) is 14.0. The van der Waals surface area contributed by atoms with Gasteiger partial charge in [-0.05, 0) is 41.7 Å². The number of rotatable bonds is 4. The van der Waals surface area contributed by atoms with Crippen molar-refractivity contribution in [2.45, 2.75) is 25.4 Å². The van der Waals surface area contributed by atoms with Crippen molar-refractivity contribution in [3.8, 4) is 6.07 Å². The highest BCUT2D eigenvalue weighted by molar-refractivity contribution is 5.33. The summed E-state index contributed by atoms with van der Waals surface area (Å²) in [6, 6.07) is 19.0. The van der Waals surface area contributed by atoms with E-state index in [0.717, 1.165) is 31.6 Å². The Bertz CT molecular complexity index is 875. The first-order valence-corrected chi connectivity index (χ1v) is 8.61. The molecule has 1 aromatic heterocycles. The van der Waals surface area contributed by atoms with Gasteiger partial charge in [-0.3, -0.25) is 4.90 Å². The van der Waals surface area contributed by atoms with Crippen LogP contribution in [0.5, 0.6) is 0 Å². The summed E-state index contributed by atoms with van der Waals surface area (Å²) in [5.74, 6) is 0. The molecule has 0 aliphatic carbocycles. The fourth-order valence-corrected chi connectivity index (χ4v) is 3.61. The molecular formula is C21H20N4. The zero-order chi connectivity index (χ0) is 17.1. The molecule has 1 unspecified atom stereocenters. The summed E-state index contributed by atoms with van der Waals surface area (Å²) in [6.07, 6.45) is 5.65. The lowest BCUT2D eigenvalue weighted by molar-refractivity contribution is 0.175. The Hall–Kier alpha value is -2.90. The Kier molecular flexibility index (Phi) is 4.32. The molecule has 1 aliphatic heterocycles. The minimum atomic E-state index is 0.254. The average molecular weight is 328 g/mol. The van der Waals surface area contributed by atoms with Crippen LogP contribution in [-0.4, -0.2) is 21.4 Å². The molecule has 4 rings (SSSR count). The number of benzene rings is 2. The van der Waals surface area contributed by atoms with Crippen molar-refractivity contribution in [1.29, 1.82) is 5.26 Å². The molecule has 124 valence electrons. The molecular weight excluding hydrogens is 308 g/mol. The van der Waals surface area contributed by atoms with E-state index in [0.29, 0.717) is 5.56 Å². The van der Waals surface area contributed by atoms with E-state index in [9.17, 15) is 0 Å². The van der Waals surface area contributed by atoms with Crippen molar-refractivity contribution in [2.75, 3.05) is 6.54 Å². The molecule has 3 aromatic rings. The first-order valence-electron chi connectivity index (χ1n) is 8.61. The van der Waals surface area contributed by atoms with Crippen molar-refractivity contribution in [3.63, 3.8) is 0 Å². The molecule has 0 amide bonds. The number of nitriles is 1. The molecule has 1 atom stereocenters. The summed E-state index contributed by atoms with van der Waals surface area (Å²) >= 11 is 0. The Morgan fingerprint density at radius 3 is 2.64 bits per heavy atom. The minimum absolute atomic E-state index is 0.254. The van der Waals surface area contributed by atoms with Crippen LogP contribution in [0, 0.1) is 11.3 Å². The van der Waals surface area contributed by atoms with Crippen LogP contribution in [0.1, 0.15) is 34.0 Å². The second-order valence-electron chi connectivity index (χ2n) is 6.52. The molecule has 0 saturated heterocycles. The van der Waals surface area contributed by atoms with Gasteiger partial charge in [0.15, 0.2) is 0 Å². The maximum Gasteiger partial charge on any atom is 0.0991 e. The highest BCUT2D eigenvalue weighted by Gasteiger charge is 2.25. The number of hydrogen-bond donors (Lipinski definition) is 1. The molecule has 4 nitrogen and oxygen atoms in total. The molecule has 0 radical (unpaired) electrons. The van der Waals surface area contributed by atoms with Crippen LogP contribution in [0.4, 0.5) is 0 Å². The van der Waals surface area contributed by atoms with Crippen LogP contribution in [0.25, 0.3) is 0 Å². The molecule has 25 heavy (non-hydrogen) atoms. The highest BCUT2D eigenvalue weighted by atomic mass is 15.2. The molecule has 0 spiro atoms. The van der Waals surface area contributed by atoms with Crippen molar-refractivity contribution in [2.24, 2.45) is 0 Å². The number of fused-ring (bicyclic) bond motifs is 1. The number of aromatic nitrogens is 2. The Morgan fingerprint density at radius 2 is 1.92 bits per heavy atom. The number of nitrogens with zero attached hydrogens (tertiary/aromatic N) is 3. The van der Waals surface area contributed by atoms with Gasteiger partial charge in [-0.2, -0.15) is 5.26 Å². The number of nitrogens with one attached hydrogen (secondary N) is 1. The van der Waals surface area contributed by atoms with Crippen LogP contribution in [-0.2, 0) is 19.4 Å². The number of imidazole rings is 1. The lowest BCUT2D eigenvalue weighted by Gasteiger charge is -2.35. The summed E-state index contributed by atoms with van der Waals surface area (Å²) in [7, 11) is 0. The van der Waals surface area contributed by atoms with Crippen molar-refractivity contribution < 1.29 is 0 Å². The molecule has 1 N–H and O–H groups in total. The van der Waals surface area contributed by atoms with Gasteiger partial charge in [0.05, 0.1) is 29.7 Å². The number of H-pyrrole nitrogens is 1. The summed E-state index contributed by atoms with van der Waals surface area (Å²) in [6.45, 7) is 1.99. The Balaban J connectivity index is 1.60. The molecule has 0 fully saturated rings. The van der Waals surface area contributed by atoms with Crippen molar-refractivity contribution in [1.82, 2.24) is 14.9 Å². The van der Waals surface area contributed by atoms with Gasteiger partial charge in [0.25, 0.3) is 0 Å². The molecule has 2 aromatic carbocycles. The van der Waals surface area contributed by atoms with Crippen molar-refractivity contribution in [3.05, 3.63) is 89.0 Å². The van der Waals surface area contributed by atoms with Crippen LogP contribution < -0.4 is 0 Å². The topological polar surface area (TPSA) is 55.7 Å². The van der Waals surface area contributed by atoms with Crippen molar-refractivity contribution >= 4 is 0 Å². The molecule has 4 heteroatoms. The fourth-order valence-electron chi connectivity index (χ4n) is 3.61. The number of hydrogen-bond acceptors (Lipinski definition) is 3. The third-order valence-electron chi connectivity index (χ3n) is 4.99. The van der Waals surface area contributed by atoms with Gasteiger partial charge in [0, 0.05) is 19.3 Å². The van der Waals surface area contributed by atoms with Gasteiger partial charge < -0.3 is 4.98 Å². The normalized spacial score (nSPS) is 15.3. The van der Waals surface area contributed by atoms with E-state index in [1.54, 1.807) is 6.33 Å². The monoisotopic (exact) mass is 328 g/mol. The van der Waals surface area contributed by atoms with E-state index >= 15 is 0 Å². The predicted octanol–water partition coefficient (Wildman–Crippen LogP) is 3.62. The van der Waals surface area contributed by atoms with E-state index in [-0.39, 0.29) is 6.04 Å². The average Bonchev–Trinajstić information content (AvgIpc) is 3.20. The van der Waals surface area contributed by atoms with E-state index in [1.165, 1.54) is 16.7 Å². The molecule has 0 bridgehead atoms. The molecule has 0 saturated carbocycles. The summed E-state index contributed by atoms with van der Waals surface area (Å²) < 4.78 is 0. The smallest absolute Gasteiger partial charge is 0.0991 e. The summed E-state index contributed by atoms with van der Waals surface area (Å²) in [4.78, 5) is 10.0. The molecule has 2 heterocycles. The first kappa shape index (κ1) is 15.6. The third-order valence-corrected chi connectivity index (χ3v) is 4.99. The van der Waals surface area contributed by atoms with Gasteiger partial charge in [0.2, 0.25) is 0 Å². The van der Waals surface area contributed by atoms with E-state index in [1.807, 2.05) is 18.3 Å². The van der Waals surface area contributed by atoms with E-state index < -0.39 is 0 Å². The maximum atomic E-state index is 8.99. The van der Waals surface area contributed by atoms with Crippen LogP contribution >= 0.6 is 0 Å². The predicted molar refractivity (Wildman–Crippen MR) is 96.7 cm³/mol. The van der Waals surface area contributed by atoms with Crippen LogP contribution in [0.2, 0.25) is 0 Å². The van der Waals surface area contributed by atoms with Gasteiger partial charge in [0.1, 0.15) is 0 Å². The fraction of sp³-hybridized carbons (Fsp3) is 0.238. The summed E-state index contributed by atoms with van der Waals surface area (Å²) in [5, 5.41) is 8.99. The summed E-state index contributed by atoms with van der Waals surface area (Å²) in [5.41, 5.74) is 5.95. The Labute approximate surface area is 147 Å². The van der Waals surface area contributed by atoms with Gasteiger partial charge in [-0.15, -0.1) is 0 Å². The minimum Gasteiger partial charge on any atom is -0.347 e. The third kappa shape index (κ3) is 3.33. The Morgan fingerprint density at radius 1 is 1.12 bits per heavy atom. The lowest BCUT2D eigenvalue weighted by atomic mass is 9.95. The quantitative estimate of drug-likeness (QED) is 0.796. The van der Waals surface area contributed by atoms with Crippen LogP contribution in [0.3, 0.4) is 0 Å². The van der Waals surface area contributed by atoms with E-state index in [4.69, 9.17) is 5.26 Å². The zero-order valence-corrected chi connectivity index (χ0v) is 14.0. The van der Waals surface area contributed by atoms with Gasteiger partial charge in [-0.25, -0.2) is 4.98 Å².